The van der Waals surface area contributed by atoms with Crippen LogP contribution < -0.4 is 5.73 Å². The van der Waals surface area contributed by atoms with Crippen molar-refractivity contribution in [3.8, 4) is 11.4 Å². The van der Waals surface area contributed by atoms with E-state index < -0.39 is 0 Å². The standard InChI is InChI=1S/C20H19ClN4O3S/c1-10(18(26)27-2)9-29-20-24-17(23-19(22)25-20)16-13-5-3-4-11-7-28-8-12(15(11)13)6-14(16)21/h3-6,10H,7-9H2,1-2H3,(H2,22,23,24,25)/t10-/m0/s1. The molecule has 7 nitrogen and oxygen atoms in total. The Morgan fingerprint density at radius 1 is 1.31 bits per heavy atom. The summed E-state index contributed by atoms with van der Waals surface area (Å²) in [4.78, 5) is 24.7. The van der Waals surface area contributed by atoms with Gasteiger partial charge in [0.2, 0.25) is 5.95 Å². The van der Waals surface area contributed by atoms with Gasteiger partial charge >= 0.3 is 5.97 Å². The van der Waals surface area contributed by atoms with E-state index in [0.717, 1.165) is 21.9 Å². The molecule has 0 fully saturated rings. The predicted octanol–water partition coefficient (Wildman–Crippen LogP) is 3.86. The number of rotatable bonds is 5. The summed E-state index contributed by atoms with van der Waals surface area (Å²) in [5.41, 5.74) is 8.81. The fourth-order valence-corrected chi connectivity index (χ4v) is 4.53. The number of benzene rings is 2. The number of nitrogens with two attached hydrogens (primary N) is 1. The number of carbonyl (C=O) groups excluding carboxylic acids is 1. The van der Waals surface area contributed by atoms with E-state index in [2.05, 4.69) is 15.0 Å². The molecule has 0 saturated carbocycles. The molecule has 2 heterocycles. The van der Waals surface area contributed by atoms with Crippen molar-refractivity contribution in [1.82, 2.24) is 15.0 Å². The van der Waals surface area contributed by atoms with Crippen LogP contribution in [0.1, 0.15) is 18.1 Å². The average Bonchev–Trinajstić information content (AvgIpc) is 2.71. The molecule has 3 aromatic rings. The maximum absolute atomic E-state index is 11.6. The molecule has 4 rings (SSSR count). The third-order valence-electron chi connectivity index (χ3n) is 4.72. The number of methoxy groups -OCH3 is 1. The first kappa shape index (κ1) is 19.9. The SMILES string of the molecule is COC(=O)[C@@H](C)CSc1nc(N)nc(-c2c(Cl)cc3c4c(cccc24)COC3)n1. The quantitative estimate of drug-likeness (QED) is 0.481. The Morgan fingerprint density at radius 2 is 2.10 bits per heavy atom. The number of nitrogens with zero attached hydrogens (tertiary/aromatic N) is 3. The van der Waals surface area contributed by atoms with E-state index in [4.69, 9.17) is 26.8 Å². The molecule has 0 aliphatic carbocycles. The number of anilines is 1. The van der Waals surface area contributed by atoms with Crippen molar-refractivity contribution in [2.75, 3.05) is 18.6 Å². The van der Waals surface area contributed by atoms with Crippen LogP contribution >= 0.6 is 23.4 Å². The minimum Gasteiger partial charge on any atom is -0.469 e. The minimum atomic E-state index is -0.296. The molecule has 1 aromatic heterocycles. The van der Waals surface area contributed by atoms with Gasteiger partial charge in [-0.25, -0.2) is 4.98 Å². The van der Waals surface area contributed by atoms with Crippen LogP contribution in [0.15, 0.2) is 29.4 Å². The van der Waals surface area contributed by atoms with Gasteiger partial charge in [-0.15, -0.1) is 0 Å². The molecular formula is C20H19ClN4O3S. The van der Waals surface area contributed by atoms with Crippen LogP contribution in [0.3, 0.4) is 0 Å². The fraction of sp³-hybridized carbons (Fsp3) is 0.300. The lowest BCUT2D eigenvalue weighted by atomic mass is 9.94. The van der Waals surface area contributed by atoms with Crippen LogP contribution in [0.2, 0.25) is 5.02 Å². The monoisotopic (exact) mass is 430 g/mol. The first-order valence-corrected chi connectivity index (χ1v) is 10.4. The molecule has 29 heavy (non-hydrogen) atoms. The zero-order valence-corrected chi connectivity index (χ0v) is 17.5. The second-order valence-electron chi connectivity index (χ2n) is 6.76. The molecular weight excluding hydrogens is 412 g/mol. The summed E-state index contributed by atoms with van der Waals surface area (Å²) in [5, 5.41) is 3.03. The molecule has 2 N–H and O–H groups in total. The highest BCUT2D eigenvalue weighted by Crippen LogP contribution is 2.39. The Balaban J connectivity index is 1.77. The Labute approximate surface area is 177 Å². The van der Waals surface area contributed by atoms with E-state index in [9.17, 15) is 4.79 Å². The molecule has 1 aliphatic rings. The number of thioether (sulfide) groups is 1. The van der Waals surface area contributed by atoms with Gasteiger partial charge in [-0.05, 0) is 28.0 Å². The topological polar surface area (TPSA) is 100 Å². The number of aromatic nitrogens is 3. The van der Waals surface area contributed by atoms with E-state index in [1.54, 1.807) is 6.92 Å². The molecule has 1 aliphatic heterocycles. The molecule has 0 unspecified atom stereocenters. The van der Waals surface area contributed by atoms with Gasteiger partial charge in [0.05, 0.1) is 31.3 Å². The van der Waals surface area contributed by atoms with Crippen molar-refractivity contribution in [3.05, 3.63) is 40.4 Å². The fourth-order valence-electron chi connectivity index (χ4n) is 3.36. The van der Waals surface area contributed by atoms with E-state index in [1.807, 2.05) is 24.3 Å². The molecule has 150 valence electrons. The molecule has 0 amide bonds. The van der Waals surface area contributed by atoms with Crippen molar-refractivity contribution in [2.24, 2.45) is 5.92 Å². The number of hydrogen-bond acceptors (Lipinski definition) is 8. The lowest BCUT2D eigenvalue weighted by Gasteiger charge is -2.20. The Hall–Kier alpha value is -2.42. The van der Waals surface area contributed by atoms with Crippen molar-refractivity contribution >= 4 is 46.1 Å². The normalized spacial score (nSPS) is 14.0. The number of nitrogen functional groups attached to an aromatic ring is 1. The molecule has 0 bridgehead atoms. The van der Waals surface area contributed by atoms with Crippen LogP contribution in [-0.4, -0.2) is 33.8 Å². The second kappa shape index (κ2) is 8.14. The highest BCUT2D eigenvalue weighted by Gasteiger charge is 2.21. The number of ether oxygens (including phenoxy) is 2. The van der Waals surface area contributed by atoms with E-state index in [0.29, 0.717) is 40.5 Å². The Kier molecular flexibility index (Phi) is 5.58. The number of halogens is 1. The molecule has 2 aromatic carbocycles. The molecule has 0 saturated heterocycles. The maximum Gasteiger partial charge on any atom is 0.309 e. The van der Waals surface area contributed by atoms with Crippen LogP contribution in [-0.2, 0) is 27.5 Å². The third-order valence-corrected chi connectivity index (χ3v) is 6.12. The van der Waals surface area contributed by atoms with E-state index >= 15 is 0 Å². The molecule has 1 atom stereocenters. The first-order valence-electron chi connectivity index (χ1n) is 9.01. The number of esters is 1. The first-order chi connectivity index (χ1) is 14.0. The number of hydrogen-bond donors (Lipinski definition) is 1. The Morgan fingerprint density at radius 3 is 2.90 bits per heavy atom. The van der Waals surface area contributed by atoms with Gasteiger partial charge in [0.15, 0.2) is 11.0 Å². The van der Waals surface area contributed by atoms with Crippen molar-refractivity contribution < 1.29 is 14.3 Å². The van der Waals surface area contributed by atoms with E-state index in [-0.39, 0.29) is 17.8 Å². The molecule has 9 heteroatoms. The molecule has 0 radical (unpaired) electrons. The van der Waals surface area contributed by atoms with Gasteiger partial charge in [-0.3, -0.25) is 4.79 Å². The predicted molar refractivity (Wildman–Crippen MR) is 113 cm³/mol. The minimum absolute atomic E-state index is 0.100. The van der Waals surface area contributed by atoms with Crippen molar-refractivity contribution in [3.63, 3.8) is 0 Å². The maximum atomic E-state index is 11.6. The zero-order valence-electron chi connectivity index (χ0n) is 15.9. The lowest BCUT2D eigenvalue weighted by Crippen LogP contribution is -2.15. The number of carbonyl (C=O) groups is 1. The summed E-state index contributed by atoms with van der Waals surface area (Å²) < 4.78 is 10.4. The van der Waals surface area contributed by atoms with Gasteiger partial charge in [-0.2, -0.15) is 9.97 Å². The third kappa shape index (κ3) is 3.88. The summed E-state index contributed by atoms with van der Waals surface area (Å²) in [6.07, 6.45) is 0. The summed E-state index contributed by atoms with van der Waals surface area (Å²) in [7, 11) is 1.37. The zero-order chi connectivity index (χ0) is 20.5. The van der Waals surface area contributed by atoms with Crippen LogP contribution in [0.25, 0.3) is 22.2 Å². The van der Waals surface area contributed by atoms with Gasteiger partial charge in [0.1, 0.15) is 0 Å². The largest absolute Gasteiger partial charge is 0.469 e. The van der Waals surface area contributed by atoms with Gasteiger partial charge in [-0.1, -0.05) is 48.5 Å². The van der Waals surface area contributed by atoms with Crippen LogP contribution in [0, 0.1) is 5.92 Å². The molecule has 0 spiro atoms. The highest BCUT2D eigenvalue weighted by molar-refractivity contribution is 7.99. The van der Waals surface area contributed by atoms with Gasteiger partial charge in [0, 0.05) is 11.3 Å². The van der Waals surface area contributed by atoms with E-state index in [1.165, 1.54) is 18.9 Å². The summed E-state index contributed by atoms with van der Waals surface area (Å²) in [5.74, 6) is 0.392. The second-order valence-corrected chi connectivity index (χ2v) is 8.15. The highest BCUT2D eigenvalue weighted by atomic mass is 35.5. The lowest BCUT2D eigenvalue weighted by molar-refractivity contribution is -0.143. The Bertz CT molecular complexity index is 1110. The summed E-state index contributed by atoms with van der Waals surface area (Å²) >= 11 is 7.95. The summed E-state index contributed by atoms with van der Waals surface area (Å²) in [6.45, 7) is 2.85. The van der Waals surface area contributed by atoms with Gasteiger partial charge in [0.25, 0.3) is 0 Å². The van der Waals surface area contributed by atoms with Crippen molar-refractivity contribution in [1.29, 1.82) is 0 Å². The average molecular weight is 431 g/mol. The van der Waals surface area contributed by atoms with Crippen LogP contribution in [0.5, 0.6) is 0 Å². The smallest absolute Gasteiger partial charge is 0.309 e. The van der Waals surface area contributed by atoms with Crippen molar-refractivity contribution in [2.45, 2.75) is 25.3 Å². The van der Waals surface area contributed by atoms with Crippen LogP contribution in [0.4, 0.5) is 5.95 Å². The summed E-state index contributed by atoms with van der Waals surface area (Å²) in [6, 6.07) is 7.91. The van der Waals surface area contributed by atoms with Gasteiger partial charge < -0.3 is 15.2 Å².